The number of likely N-dealkylation sites (tertiary alicyclic amines) is 2. The molecular weight excluding hydrogens is 358 g/mol. The number of carbonyl (C=O) groups excluding carboxylic acids is 1. The second-order valence-corrected chi connectivity index (χ2v) is 8.27. The van der Waals surface area contributed by atoms with Gasteiger partial charge < -0.3 is 19.3 Å². The molecule has 2 fully saturated rings. The first-order valence-electron chi connectivity index (χ1n) is 10.4. The molecule has 1 amide bonds. The van der Waals surface area contributed by atoms with Gasteiger partial charge in [-0.1, -0.05) is 0 Å². The van der Waals surface area contributed by atoms with Gasteiger partial charge in [-0.15, -0.1) is 0 Å². The molecule has 156 valence electrons. The minimum atomic E-state index is -0.608. The number of piperidine rings is 2. The smallest absolute Gasteiger partial charge is 0.328 e. The third-order valence-electron chi connectivity index (χ3n) is 6.34. The van der Waals surface area contributed by atoms with Crippen molar-refractivity contribution < 1.29 is 4.79 Å². The van der Waals surface area contributed by atoms with Gasteiger partial charge in [0.25, 0.3) is 11.5 Å². The molecule has 0 bridgehead atoms. The van der Waals surface area contributed by atoms with Gasteiger partial charge in [0, 0.05) is 32.4 Å². The monoisotopic (exact) mass is 391 g/mol. The highest BCUT2D eigenvalue weighted by Crippen LogP contribution is 2.24. The molecule has 0 saturated carbocycles. The van der Waals surface area contributed by atoms with E-state index < -0.39 is 11.2 Å². The minimum absolute atomic E-state index is 0.0349. The fourth-order valence-corrected chi connectivity index (χ4v) is 4.41. The first-order valence-corrected chi connectivity index (χ1v) is 10.4. The van der Waals surface area contributed by atoms with Crippen LogP contribution in [0.15, 0.2) is 15.8 Å². The van der Waals surface area contributed by atoms with E-state index in [9.17, 15) is 14.4 Å². The Hall–Kier alpha value is -1.93. The number of hydrogen-bond donors (Lipinski definition) is 1. The normalized spacial score (nSPS) is 20.4. The zero-order valence-electron chi connectivity index (χ0n) is 17.3. The van der Waals surface area contributed by atoms with Gasteiger partial charge in [0.05, 0.1) is 0 Å². The van der Waals surface area contributed by atoms with E-state index in [1.807, 2.05) is 6.92 Å². The summed E-state index contributed by atoms with van der Waals surface area (Å²) in [6.07, 6.45) is 6.00. The highest BCUT2D eigenvalue weighted by Gasteiger charge is 2.29. The van der Waals surface area contributed by atoms with Crippen molar-refractivity contribution >= 4 is 5.91 Å². The first kappa shape index (κ1) is 20.8. The molecule has 2 aliphatic heterocycles. The van der Waals surface area contributed by atoms with Crippen LogP contribution in [-0.4, -0.2) is 82.5 Å². The topological polar surface area (TPSA) is 81.7 Å². The second kappa shape index (κ2) is 9.05. The Kier molecular flexibility index (Phi) is 6.72. The Morgan fingerprint density at radius 3 is 2.36 bits per heavy atom. The fourth-order valence-electron chi connectivity index (χ4n) is 4.41. The van der Waals surface area contributed by atoms with E-state index in [4.69, 9.17) is 0 Å². The molecule has 3 rings (SSSR count). The number of aromatic amines is 1. The zero-order chi connectivity index (χ0) is 20.3. The van der Waals surface area contributed by atoms with Crippen LogP contribution in [0.3, 0.4) is 0 Å². The average molecular weight is 392 g/mol. The molecule has 3 heterocycles. The van der Waals surface area contributed by atoms with Crippen molar-refractivity contribution in [3.8, 4) is 0 Å². The van der Waals surface area contributed by atoms with E-state index in [2.05, 4.69) is 21.8 Å². The third kappa shape index (κ3) is 4.72. The molecule has 0 atom stereocenters. The molecule has 2 saturated heterocycles. The highest BCUT2D eigenvalue weighted by atomic mass is 16.2. The number of aromatic nitrogens is 2. The van der Waals surface area contributed by atoms with Crippen LogP contribution in [0.4, 0.5) is 0 Å². The van der Waals surface area contributed by atoms with Crippen LogP contribution >= 0.6 is 0 Å². The van der Waals surface area contributed by atoms with Gasteiger partial charge in [0.2, 0.25) is 0 Å². The number of carbonyl (C=O) groups is 1. The summed E-state index contributed by atoms with van der Waals surface area (Å²) in [6.45, 7) is 7.68. The fraction of sp³-hybridized carbons (Fsp3) is 0.750. The molecule has 8 heteroatoms. The largest absolute Gasteiger partial charge is 0.338 e. The van der Waals surface area contributed by atoms with Gasteiger partial charge in [-0.3, -0.25) is 14.6 Å². The molecule has 1 aromatic rings. The number of aryl methyl sites for hydroxylation is 1. The van der Waals surface area contributed by atoms with E-state index in [0.29, 0.717) is 25.0 Å². The van der Waals surface area contributed by atoms with Crippen LogP contribution in [0.2, 0.25) is 0 Å². The Labute approximate surface area is 166 Å². The maximum absolute atomic E-state index is 12.9. The van der Waals surface area contributed by atoms with Gasteiger partial charge in [-0.05, 0) is 71.8 Å². The Bertz CT molecular complexity index is 786. The molecule has 8 nitrogen and oxygen atoms in total. The van der Waals surface area contributed by atoms with Crippen molar-refractivity contribution in [2.75, 3.05) is 46.3 Å². The van der Waals surface area contributed by atoms with E-state index >= 15 is 0 Å². The van der Waals surface area contributed by atoms with E-state index in [0.717, 1.165) is 25.9 Å². The highest BCUT2D eigenvalue weighted by molar-refractivity contribution is 5.93. The van der Waals surface area contributed by atoms with Crippen LogP contribution in [-0.2, 0) is 7.05 Å². The SMILES string of the molecule is CCN(CC1CCN(C2CCN(C)CC2)CC1)C(=O)c1cn(C)c(=O)[nH]c1=O. The van der Waals surface area contributed by atoms with Crippen molar-refractivity contribution in [1.82, 2.24) is 24.3 Å². The van der Waals surface area contributed by atoms with Crippen LogP contribution in [0.1, 0.15) is 43.0 Å². The lowest BCUT2D eigenvalue weighted by Crippen LogP contribution is -2.48. The molecule has 0 aliphatic carbocycles. The number of amides is 1. The molecule has 0 aromatic carbocycles. The lowest BCUT2D eigenvalue weighted by atomic mass is 9.93. The van der Waals surface area contributed by atoms with Crippen LogP contribution in [0.5, 0.6) is 0 Å². The number of nitrogens with one attached hydrogen (secondary N) is 1. The molecule has 1 aromatic heterocycles. The van der Waals surface area contributed by atoms with Crippen molar-refractivity contribution in [1.29, 1.82) is 0 Å². The molecule has 1 N–H and O–H groups in total. The third-order valence-corrected chi connectivity index (χ3v) is 6.34. The summed E-state index contributed by atoms with van der Waals surface area (Å²) >= 11 is 0. The van der Waals surface area contributed by atoms with Crippen LogP contribution in [0, 0.1) is 5.92 Å². The predicted octanol–water partition coefficient (Wildman–Crippen LogP) is 0.342. The predicted molar refractivity (Wildman–Crippen MR) is 109 cm³/mol. The van der Waals surface area contributed by atoms with Crippen molar-refractivity contribution in [2.45, 2.75) is 38.6 Å². The van der Waals surface area contributed by atoms with Crippen molar-refractivity contribution in [3.05, 3.63) is 32.6 Å². The Morgan fingerprint density at radius 1 is 1.11 bits per heavy atom. The number of H-pyrrole nitrogens is 1. The standard InChI is InChI=1S/C20H33N5O3/c1-4-24(19(27)17-14-23(3)20(28)21-18(17)26)13-15-5-11-25(12-6-15)16-7-9-22(2)10-8-16/h14-16H,4-13H2,1-3H3,(H,21,26,28). The summed E-state index contributed by atoms with van der Waals surface area (Å²) in [5.74, 6) is 0.162. The summed E-state index contributed by atoms with van der Waals surface area (Å²) in [6, 6.07) is 0.699. The van der Waals surface area contributed by atoms with Crippen molar-refractivity contribution in [3.63, 3.8) is 0 Å². The van der Waals surface area contributed by atoms with Gasteiger partial charge in [0.15, 0.2) is 0 Å². The maximum Gasteiger partial charge on any atom is 0.328 e. The van der Waals surface area contributed by atoms with Gasteiger partial charge in [-0.2, -0.15) is 0 Å². The quantitative estimate of drug-likeness (QED) is 0.783. The Balaban J connectivity index is 1.57. The lowest BCUT2D eigenvalue weighted by Gasteiger charge is -2.41. The van der Waals surface area contributed by atoms with E-state index in [1.165, 1.54) is 43.7 Å². The molecule has 28 heavy (non-hydrogen) atoms. The molecule has 0 unspecified atom stereocenters. The van der Waals surface area contributed by atoms with Crippen LogP contribution < -0.4 is 11.2 Å². The average Bonchev–Trinajstić information content (AvgIpc) is 2.69. The van der Waals surface area contributed by atoms with Gasteiger partial charge in [0.1, 0.15) is 5.56 Å². The molecule has 2 aliphatic rings. The Morgan fingerprint density at radius 2 is 1.75 bits per heavy atom. The molecular formula is C20H33N5O3. The minimum Gasteiger partial charge on any atom is -0.338 e. The summed E-state index contributed by atoms with van der Waals surface area (Å²) in [5, 5.41) is 0. The van der Waals surface area contributed by atoms with E-state index in [1.54, 1.807) is 4.90 Å². The summed E-state index contributed by atoms with van der Waals surface area (Å²) in [4.78, 5) is 45.4. The van der Waals surface area contributed by atoms with Crippen molar-refractivity contribution in [2.24, 2.45) is 13.0 Å². The van der Waals surface area contributed by atoms with Gasteiger partial charge >= 0.3 is 5.69 Å². The van der Waals surface area contributed by atoms with E-state index in [-0.39, 0.29) is 11.5 Å². The maximum atomic E-state index is 12.9. The molecule has 0 spiro atoms. The summed E-state index contributed by atoms with van der Waals surface area (Å²) in [7, 11) is 3.72. The zero-order valence-corrected chi connectivity index (χ0v) is 17.3. The summed E-state index contributed by atoms with van der Waals surface area (Å²) in [5.41, 5.74) is -1.08. The number of hydrogen-bond acceptors (Lipinski definition) is 5. The van der Waals surface area contributed by atoms with Crippen LogP contribution in [0.25, 0.3) is 0 Å². The number of rotatable bonds is 5. The number of nitrogens with zero attached hydrogens (tertiary/aromatic N) is 4. The first-order chi connectivity index (χ1) is 13.4. The lowest BCUT2D eigenvalue weighted by molar-refractivity contribution is 0.0609. The van der Waals surface area contributed by atoms with Gasteiger partial charge in [-0.25, -0.2) is 4.79 Å². The second-order valence-electron chi connectivity index (χ2n) is 8.27. The summed E-state index contributed by atoms with van der Waals surface area (Å²) < 4.78 is 1.24. The molecule has 0 radical (unpaired) electrons.